The lowest BCUT2D eigenvalue weighted by Gasteiger charge is -2.26. The number of rotatable bonds is 6. The van der Waals surface area contributed by atoms with E-state index in [0.717, 1.165) is 29.1 Å². The lowest BCUT2D eigenvalue weighted by atomic mass is 9.80. The number of fused-ring (bicyclic) bond motifs is 4. The molecule has 1 atom stereocenters. The molecule has 0 aliphatic heterocycles. The summed E-state index contributed by atoms with van der Waals surface area (Å²) in [6, 6.07) is 21.3. The van der Waals surface area contributed by atoms with Crippen molar-refractivity contribution in [2.75, 3.05) is 6.61 Å². The molecule has 1 unspecified atom stereocenters. The summed E-state index contributed by atoms with van der Waals surface area (Å²) in [5.74, 6) is 0. The normalized spacial score (nSPS) is 17.1. The zero-order valence-electron chi connectivity index (χ0n) is 20.1. The van der Waals surface area contributed by atoms with Gasteiger partial charge in [-0.3, -0.25) is 0 Å². The summed E-state index contributed by atoms with van der Waals surface area (Å²) >= 11 is 1.79. The third-order valence-electron chi connectivity index (χ3n) is 6.94. The van der Waals surface area contributed by atoms with Crippen molar-refractivity contribution in [3.8, 4) is 0 Å². The van der Waals surface area contributed by atoms with E-state index in [1.54, 1.807) is 11.3 Å². The molecule has 0 radical (unpaired) electrons. The fourth-order valence-electron chi connectivity index (χ4n) is 5.14. The Morgan fingerprint density at radius 1 is 1.08 bits per heavy atom. The Morgan fingerprint density at radius 2 is 1.86 bits per heavy atom. The van der Waals surface area contributed by atoms with Crippen molar-refractivity contribution in [1.29, 1.82) is 0 Å². The van der Waals surface area contributed by atoms with Gasteiger partial charge in [0.05, 0.1) is 15.6 Å². The SMILES string of the molecule is CCn1c2c(c3ccccc31)=CC(/C=C/c1cc[n+](CCO)cc1)(c1nc3ccccc3s1)CC=2.[Br-]. The van der Waals surface area contributed by atoms with Gasteiger partial charge in [0.1, 0.15) is 11.6 Å². The molecule has 0 saturated heterocycles. The first-order valence-electron chi connectivity index (χ1n) is 12.2. The molecule has 0 fully saturated rings. The Morgan fingerprint density at radius 3 is 2.64 bits per heavy atom. The number of nitrogens with zero attached hydrogens (tertiary/aromatic N) is 3. The number of halogens is 1. The molecule has 3 heterocycles. The molecule has 1 aliphatic rings. The van der Waals surface area contributed by atoms with Crippen LogP contribution in [-0.2, 0) is 18.5 Å². The van der Waals surface area contributed by atoms with E-state index < -0.39 is 0 Å². The minimum absolute atomic E-state index is 0. The maximum atomic E-state index is 9.21. The van der Waals surface area contributed by atoms with Crippen LogP contribution in [0.4, 0.5) is 0 Å². The van der Waals surface area contributed by atoms with Crippen LogP contribution in [0.3, 0.4) is 0 Å². The van der Waals surface area contributed by atoms with E-state index in [2.05, 4.69) is 96.5 Å². The number of aliphatic hydroxyl groups excluding tert-OH is 1. The summed E-state index contributed by atoms with van der Waals surface area (Å²) in [5.41, 5.74) is 3.15. The van der Waals surface area contributed by atoms with Gasteiger partial charge in [-0.25, -0.2) is 9.55 Å². The maximum absolute atomic E-state index is 9.21. The molecule has 0 bridgehead atoms. The third kappa shape index (κ3) is 4.23. The van der Waals surface area contributed by atoms with Crippen LogP contribution >= 0.6 is 11.3 Å². The molecule has 1 aliphatic carbocycles. The Kier molecular flexibility index (Phi) is 6.93. The highest BCUT2D eigenvalue weighted by Gasteiger charge is 2.32. The summed E-state index contributed by atoms with van der Waals surface area (Å²) in [6.07, 6.45) is 14.3. The summed E-state index contributed by atoms with van der Waals surface area (Å²) in [5, 5.41) is 14.2. The minimum Gasteiger partial charge on any atom is -1.00 e. The van der Waals surface area contributed by atoms with Crippen molar-refractivity contribution in [1.82, 2.24) is 9.55 Å². The van der Waals surface area contributed by atoms with Crippen molar-refractivity contribution in [3.05, 3.63) is 100 Å². The van der Waals surface area contributed by atoms with Crippen LogP contribution in [0, 0.1) is 0 Å². The van der Waals surface area contributed by atoms with Gasteiger partial charge in [0.15, 0.2) is 18.9 Å². The van der Waals surface area contributed by atoms with Crippen LogP contribution in [0.15, 0.2) is 79.1 Å². The molecule has 1 N–H and O–H groups in total. The van der Waals surface area contributed by atoms with Gasteiger partial charge >= 0.3 is 0 Å². The fraction of sp³-hybridized carbons (Fsp3) is 0.200. The smallest absolute Gasteiger partial charge is 0.171 e. The second-order valence-corrected chi connectivity index (χ2v) is 10.1. The summed E-state index contributed by atoms with van der Waals surface area (Å²) in [7, 11) is 0. The third-order valence-corrected chi connectivity index (χ3v) is 8.17. The quantitative estimate of drug-likeness (QED) is 0.318. The number of thiazole rings is 1. The number of pyridine rings is 1. The van der Waals surface area contributed by atoms with Crippen LogP contribution in [0.5, 0.6) is 0 Å². The molecule has 6 heteroatoms. The monoisotopic (exact) mass is 557 g/mol. The highest BCUT2D eigenvalue weighted by molar-refractivity contribution is 7.18. The summed E-state index contributed by atoms with van der Waals surface area (Å²) in [6.45, 7) is 3.90. The molecule has 182 valence electrons. The number of aromatic nitrogens is 3. The van der Waals surface area contributed by atoms with E-state index in [1.807, 2.05) is 17.0 Å². The average molecular weight is 559 g/mol. The number of aliphatic hydroxyl groups is 1. The zero-order valence-corrected chi connectivity index (χ0v) is 22.5. The van der Waals surface area contributed by atoms with E-state index in [0.29, 0.717) is 6.54 Å². The first kappa shape index (κ1) is 24.6. The molecule has 0 amide bonds. The van der Waals surface area contributed by atoms with E-state index >= 15 is 0 Å². The Bertz CT molecular complexity index is 1650. The Labute approximate surface area is 224 Å². The van der Waals surface area contributed by atoms with Gasteiger partial charge in [0, 0.05) is 40.1 Å². The van der Waals surface area contributed by atoms with Crippen molar-refractivity contribution < 1.29 is 26.7 Å². The lowest BCUT2D eigenvalue weighted by Crippen LogP contribution is -3.00. The Hall–Kier alpha value is -3.06. The molecule has 6 rings (SSSR count). The average Bonchev–Trinajstić information content (AvgIpc) is 3.48. The fourth-order valence-corrected chi connectivity index (χ4v) is 6.26. The van der Waals surface area contributed by atoms with Crippen molar-refractivity contribution >= 4 is 50.7 Å². The van der Waals surface area contributed by atoms with E-state index in [4.69, 9.17) is 4.98 Å². The van der Waals surface area contributed by atoms with Gasteiger partial charge in [-0.1, -0.05) is 54.6 Å². The van der Waals surface area contributed by atoms with Gasteiger partial charge in [0.2, 0.25) is 0 Å². The number of benzene rings is 2. The van der Waals surface area contributed by atoms with Gasteiger partial charge in [-0.05, 0) is 37.1 Å². The number of para-hydroxylation sites is 2. The first-order chi connectivity index (χ1) is 17.2. The molecule has 3 aromatic heterocycles. The predicted octanol–water partition coefficient (Wildman–Crippen LogP) is 1.17. The van der Waals surface area contributed by atoms with E-state index in [1.165, 1.54) is 26.2 Å². The van der Waals surface area contributed by atoms with Crippen molar-refractivity contribution in [3.63, 3.8) is 0 Å². The van der Waals surface area contributed by atoms with Crippen molar-refractivity contribution in [2.45, 2.75) is 31.8 Å². The topological polar surface area (TPSA) is 41.9 Å². The molecular weight excluding hydrogens is 530 g/mol. The summed E-state index contributed by atoms with van der Waals surface area (Å²) < 4.78 is 5.63. The second-order valence-electron chi connectivity index (χ2n) is 9.07. The molecule has 4 nitrogen and oxygen atoms in total. The van der Waals surface area contributed by atoms with Crippen LogP contribution < -0.4 is 32.1 Å². The van der Waals surface area contributed by atoms with E-state index in [-0.39, 0.29) is 29.0 Å². The van der Waals surface area contributed by atoms with Crippen LogP contribution in [0.1, 0.15) is 23.9 Å². The highest BCUT2D eigenvalue weighted by atomic mass is 79.9. The lowest BCUT2D eigenvalue weighted by molar-refractivity contribution is -0.698. The zero-order chi connectivity index (χ0) is 23.8. The second kappa shape index (κ2) is 10.1. The molecule has 5 aromatic rings. The standard InChI is InChI=1S/C30H28N3OS.BrH/c1-2-33-26-9-5-3-7-23(26)24-21-30(16-12-27(24)33,29-31-25-8-4-6-10-28(25)35-29)15-11-22-13-17-32(18-14-22)19-20-34;/h3-15,17-18,21,34H,2,16,19-20H2,1H3;1H/q+1;/p-1/b15-11+;. The Balaban J connectivity index is 0.00000267. The van der Waals surface area contributed by atoms with Crippen LogP contribution in [0.2, 0.25) is 0 Å². The van der Waals surface area contributed by atoms with Gasteiger partial charge in [0.25, 0.3) is 0 Å². The minimum atomic E-state index is -0.323. The number of aryl methyl sites for hydroxylation is 1. The molecule has 0 saturated carbocycles. The van der Waals surface area contributed by atoms with Gasteiger partial charge < -0.3 is 26.7 Å². The van der Waals surface area contributed by atoms with E-state index in [9.17, 15) is 5.11 Å². The number of hydrogen-bond acceptors (Lipinski definition) is 3. The number of allylic oxidation sites excluding steroid dienone is 1. The first-order valence-corrected chi connectivity index (χ1v) is 13.0. The van der Waals surface area contributed by atoms with Gasteiger partial charge in [-0.15, -0.1) is 11.3 Å². The molecule has 0 spiro atoms. The molecular formula is C30H28BrN3OS. The number of hydrogen-bond donors (Lipinski definition) is 1. The van der Waals surface area contributed by atoms with Gasteiger partial charge in [-0.2, -0.15) is 0 Å². The largest absolute Gasteiger partial charge is 1.00 e. The highest BCUT2D eigenvalue weighted by Crippen LogP contribution is 2.39. The van der Waals surface area contributed by atoms with Crippen molar-refractivity contribution in [2.24, 2.45) is 0 Å². The predicted molar refractivity (Wildman–Crippen MR) is 144 cm³/mol. The summed E-state index contributed by atoms with van der Waals surface area (Å²) in [4.78, 5) is 5.12. The molecule has 36 heavy (non-hydrogen) atoms. The van der Waals surface area contributed by atoms with Crippen LogP contribution in [0.25, 0.3) is 39.3 Å². The maximum Gasteiger partial charge on any atom is 0.171 e. The van der Waals surface area contributed by atoms with Crippen LogP contribution in [-0.4, -0.2) is 21.3 Å². The molecule has 2 aromatic carbocycles.